The van der Waals surface area contributed by atoms with Crippen molar-refractivity contribution in [2.75, 3.05) is 19.6 Å². The molecule has 1 heterocycles. The number of carbonyl (C=O) groups excluding carboxylic acids is 1. The molecule has 0 spiro atoms. The number of carbonyl (C=O) groups is 1. The zero-order valence-electron chi connectivity index (χ0n) is 16.4. The van der Waals surface area contributed by atoms with Crippen LogP contribution in [0.4, 0.5) is 4.39 Å². The number of β-amino-alcohol motifs (C(OH)–C–C–N with tert-alkyl or cyclic N) is 1. The molecule has 156 valence electrons. The highest BCUT2D eigenvalue weighted by Gasteiger charge is 2.39. The first-order valence-corrected chi connectivity index (χ1v) is 10.6. The van der Waals surface area contributed by atoms with Crippen LogP contribution in [0.25, 0.3) is 0 Å². The van der Waals surface area contributed by atoms with E-state index in [1.807, 2.05) is 6.92 Å². The Balaban J connectivity index is 1.54. The fourth-order valence-electron chi connectivity index (χ4n) is 4.74. The van der Waals surface area contributed by atoms with Gasteiger partial charge >= 0.3 is 0 Å². The molecule has 1 aromatic rings. The van der Waals surface area contributed by atoms with Crippen LogP contribution >= 0.6 is 11.6 Å². The van der Waals surface area contributed by atoms with Crippen molar-refractivity contribution in [2.24, 2.45) is 17.6 Å². The number of primary amides is 1. The first-order valence-electron chi connectivity index (χ1n) is 10.2. The van der Waals surface area contributed by atoms with E-state index in [0.717, 1.165) is 18.5 Å². The summed E-state index contributed by atoms with van der Waals surface area (Å²) in [7, 11) is 0. The van der Waals surface area contributed by atoms with Crippen LogP contribution in [0.1, 0.15) is 50.6 Å². The normalized spacial score (nSPS) is 27.8. The fourth-order valence-corrected chi connectivity index (χ4v) is 4.86. The minimum absolute atomic E-state index is 0.0968. The van der Waals surface area contributed by atoms with Crippen LogP contribution in [0.5, 0.6) is 0 Å². The van der Waals surface area contributed by atoms with Gasteiger partial charge in [-0.15, -0.1) is 0 Å². The van der Waals surface area contributed by atoms with Crippen molar-refractivity contribution in [3.8, 4) is 0 Å². The van der Waals surface area contributed by atoms with E-state index < -0.39 is 11.9 Å². The Morgan fingerprint density at radius 1 is 1.39 bits per heavy atom. The lowest BCUT2D eigenvalue weighted by atomic mass is 9.72. The van der Waals surface area contributed by atoms with Gasteiger partial charge in [-0.25, -0.2) is 4.39 Å². The summed E-state index contributed by atoms with van der Waals surface area (Å²) in [5, 5.41) is 13.9. The summed E-state index contributed by atoms with van der Waals surface area (Å²) in [5.41, 5.74) is 6.43. The number of aliphatic hydroxyl groups is 1. The van der Waals surface area contributed by atoms with Gasteiger partial charge in [-0.2, -0.15) is 0 Å². The van der Waals surface area contributed by atoms with Crippen molar-refractivity contribution in [1.82, 2.24) is 10.2 Å². The van der Waals surface area contributed by atoms with Crippen molar-refractivity contribution in [2.45, 2.75) is 57.2 Å². The van der Waals surface area contributed by atoms with Gasteiger partial charge in [0.15, 0.2) is 0 Å². The number of piperidine rings is 1. The average Bonchev–Trinajstić information content (AvgIpc) is 2.67. The molecule has 3 rings (SSSR count). The molecule has 2 aliphatic rings. The maximum atomic E-state index is 13.6. The fraction of sp³-hybridized carbons (Fsp3) is 0.667. The average molecular weight is 412 g/mol. The van der Waals surface area contributed by atoms with Crippen LogP contribution in [-0.4, -0.2) is 47.7 Å². The van der Waals surface area contributed by atoms with Gasteiger partial charge in [0.25, 0.3) is 0 Å². The molecular weight excluding hydrogens is 381 g/mol. The second kappa shape index (κ2) is 9.53. The summed E-state index contributed by atoms with van der Waals surface area (Å²) in [4.78, 5) is 14.0. The number of hydrogen-bond acceptors (Lipinski definition) is 4. The summed E-state index contributed by atoms with van der Waals surface area (Å²) in [6.45, 7) is 3.50. The van der Waals surface area contributed by atoms with E-state index in [1.54, 1.807) is 6.07 Å². The van der Waals surface area contributed by atoms with Gasteiger partial charge < -0.3 is 16.2 Å². The maximum absolute atomic E-state index is 13.6. The molecule has 0 radical (unpaired) electrons. The number of nitrogens with two attached hydrogens (primary N) is 1. The lowest BCUT2D eigenvalue weighted by Crippen LogP contribution is -2.56. The minimum Gasteiger partial charge on any atom is -0.390 e. The van der Waals surface area contributed by atoms with Crippen molar-refractivity contribution < 1.29 is 14.3 Å². The zero-order valence-corrected chi connectivity index (χ0v) is 17.2. The van der Waals surface area contributed by atoms with Crippen LogP contribution < -0.4 is 11.1 Å². The van der Waals surface area contributed by atoms with Crippen LogP contribution in [0.2, 0.25) is 5.02 Å². The molecule has 0 unspecified atom stereocenters. The van der Waals surface area contributed by atoms with Crippen LogP contribution in [0.3, 0.4) is 0 Å². The Morgan fingerprint density at radius 2 is 2.11 bits per heavy atom. The van der Waals surface area contributed by atoms with Crippen molar-refractivity contribution in [3.05, 3.63) is 34.6 Å². The Morgan fingerprint density at radius 3 is 2.79 bits per heavy atom. The van der Waals surface area contributed by atoms with Gasteiger partial charge in [-0.05, 0) is 49.3 Å². The third kappa shape index (κ3) is 5.23. The Bertz CT molecular complexity index is 690. The molecule has 7 heteroatoms. The van der Waals surface area contributed by atoms with Gasteiger partial charge in [0.2, 0.25) is 5.91 Å². The summed E-state index contributed by atoms with van der Waals surface area (Å²) >= 11 is 5.73. The number of nitrogens with zero attached hydrogens (tertiary/aromatic N) is 1. The summed E-state index contributed by atoms with van der Waals surface area (Å²) < 4.78 is 13.6. The Hall–Kier alpha value is -1.21. The topological polar surface area (TPSA) is 78.6 Å². The van der Waals surface area contributed by atoms with Gasteiger partial charge in [-0.3, -0.25) is 9.69 Å². The predicted molar refractivity (Wildman–Crippen MR) is 108 cm³/mol. The smallest absolute Gasteiger partial charge is 0.234 e. The monoisotopic (exact) mass is 411 g/mol. The van der Waals surface area contributed by atoms with Crippen molar-refractivity contribution in [3.63, 3.8) is 0 Å². The number of nitrogens with one attached hydrogen (secondary N) is 1. The van der Waals surface area contributed by atoms with E-state index in [0.29, 0.717) is 24.9 Å². The number of likely N-dealkylation sites (tertiary alicyclic amines) is 1. The molecule has 5 atom stereocenters. The molecule has 1 aromatic carbocycles. The minimum atomic E-state index is -0.637. The standard InChI is InChI=1S/C21H31ClFN3O2/c1-13(14-6-7-18(22)19(23)8-14)25-10-17(27)12-26-11-16-5-3-2-4-15(16)9-20(26)21(24)28/h6-8,13,15-17,20,25,27H,2-5,9-12H2,1H3,(H2,24,28)/t13-,15-,16+,17+,20-/m0/s1. The molecular formula is C21H31ClFN3O2. The highest BCUT2D eigenvalue weighted by molar-refractivity contribution is 6.30. The number of amides is 1. The number of fused-ring (bicyclic) bond motifs is 1. The quantitative estimate of drug-likeness (QED) is 0.644. The van der Waals surface area contributed by atoms with Crippen molar-refractivity contribution in [1.29, 1.82) is 0 Å². The number of benzene rings is 1. The maximum Gasteiger partial charge on any atom is 0.234 e. The lowest BCUT2D eigenvalue weighted by molar-refractivity contribution is -0.127. The van der Waals surface area contributed by atoms with Gasteiger partial charge in [0.1, 0.15) is 5.82 Å². The molecule has 0 bridgehead atoms. The van der Waals surface area contributed by atoms with Gasteiger partial charge in [0, 0.05) is 25.7 Å². The summed E-state index contributed by atoms with van der Waals surface area (Å²) in [6, 6.07) is 4.29. The Kier molecular flexibility index (Phi) is 7.31. The first-order chi connectivity index (χ1) is 13.3. The number of aliphatic hydroxyl groups excluding tert-OH is 1. The molecule has 1 saturated carbocycles. The second-order valence-corrected chi connectivity index (χ2v) is 8.78. The molecule has 5 nitrogen and oxygen atoms in total. The zero-order chi connectivity index (χ0) is 20.3. The summed E-state index contributed by atoms with van der Waals surface area (Å²) in [6.07, 6.45) is 5.03. The van der Waals surface area contributed by atoms with Crippen LogP contribution in [0, 0.1) is 17.7 Å². The van der Waals surface area contributed by atoms with E-state index >= 15 is 0 Å². The van der Waals surface area contributed by atoms with E-state index in [-0.39, 0.29) is 23.0 Å². The molecule has 1 saturated heterocycles. The SMILES string of the molecule is C[C@H](NC[C@@H](O)CN1C[C@H]2CCCC[C@H]2C[C@H]1C(N)=O)c1ccc(Cl)c(F)c1. The van der Waals surface area contributed by atoms with E-state index in [4.69, 9.17) is 17.3 Å². The number of rotatable bonds is 7. The van der Waals surface area contributed by atoms with E-state index in [2.05, 4.69) is 10.2 Å². The van der Waals surface area contributed by atoms with Gasteiger partial charge in [-0.1, -0.05) is 36.9 Å². The number of halogens is 2. The second-order valence-electron chi connectivity index (χ2n) is 8.37. The van der Waals surface area contributed by atoms with Crippen LogP contribution in [0.15, 0.2) is 18.2 Å². The lowest BCUT2D eigenvalue weighted by Gasteiger charge is -2.45. The van der Waals surface area contributed by atoms with Crippen LogP contribution in [-0.2, 0) is 4.79 Å². The number of hydrogen-bond donors (Lipinski definition) is 3. The molecule has 28 heavy (non-hydrogen) atoms. The highest BCUT2D eigenvalue weighted by Crippen LogP contribution is 2.38. The molecule has 4 N–H and O–H groups in total. The molecule has 1 aliphatic heterocycles. The summed E-state index contributed by atoms with van der Waals surface area (Å²) in [5.74, 6) is 0.431. The molecule has 2 fully saturated rings. The third-order valence-corrected chi connectivity index (χ3v) is 6.69. The van der Waals surface area contributed by atoms with Gasteiger partial charge in [0.05, 0.1) is 17.2 Å². The van der Waals surface area contributed by atoms with Crippen molar-refractivity contribution >= 4 is 17.5 Å². The molecule has 1 aliphatic carbocycles. The Labute approximate surface area is 171 Å². The van der Waals surface area contributed by atoms with E-state index in [1.165, 1.54) is 37.8 Å². The third-order valence-electron chi connectivity index (χ3n) is 6.38. The highest BCUT2D eigenvalue weighted by atomic mass is 35.5. The molecule has 1 amide bonds. The largest absolute Gasteiger partial charge is 0.390 e. The molecule has 0 aromatic heterocycles. The predicted octanol–water partition coefficient (Wildman–Crippen LogP) is 2.86. The van der Waals surface area contributed by atoms with E-state index in [9.17, 15) is 14.3 Å². The first kappa shape index (κ1) is 21.5.